The minimum absolute atomic E-state index is 1.30. The molecule has 2 rings (SSSR count). The third-order valence-corrected chi connectivity index (χ3v) is 2.25. The lowest BCUT2D eigenvalue weighted by Crippen LogP contribution is -1.81. The van der Waals surface area contributed by atoms with E-state index in [0.29, 0.717) is 0 Å². The summed E-state index contributed by atoms with van der Waals surface area (Å²) in [5.74, 6) is 0. The molecule has 1 aliphatic carbocycles. The first kappa shape index (κ1) is 8.87. The van der Waals surface area contributed by atoms with Crippen LogP contribution in [0.4, 0.5) is 0 Å². The molecule has 0 fully saturated rings. The summed E-state index contributed by atoms with van der Waals surface area (Å²) in [4.78, 5) is 0. The Labute approximate surface area is 74.6 Å². The molecule has 1 aromatic carbocycles. The van der Waals surface area contributed by atoms with Crippen molar-refractivity contribution in [2.45, 2.75) is 26.2 Å². The molecule has 0 heterocycles. The second-order valence-corrected chi connectivity index (χ2v) is 3.13. The van der Waals surface area contributed by atoms with Gasteiger partial charge in [0.15, 0.2) is 0 Å². The molecule has 1 aliphatic rings. The molecule has 1 aromatic rings. The Kier molecular flexibility index (Phi) is 2.94. The molecule has 0 aromatic heterocycles. The summed E-state index contributed by atoms with van der Waals surface area (Å²) in [6.07, 6.45) is 12.0. The molecule has 62 valence electrons. The average Bonchev–Trinajstić information content (AvgIpc) is 2.54. The smallest absolute Gasteiger partial charge is 0.0273 e. The number of aryl methyl sites for hydroxylation is 3. The second kappa shape index (κ2) is 3.97. The number of terminal acetylenes is 1. The Hall–Kier alpha value is -1.22. The molecule has 0 N–H and O–H groups in total. The molecule has 0 saturated heterocycles. The fraction of sp³-hybridized carbons (Fsp3) is 0.333. The van der Waals surface area contributed by atoms with Crippen LogP contribution in [-0.2, 0) is 12.8 Å². The van der Waals surface area contributed by atoms with Crippen LogP contribution >= 0.6 is 0 Å². The van der Waals surface area contributed by atoms with E-state index in [-0.39, 0.29) is 0 Å². The highest BCUT2D eigenvalue weighted by atomic mass is 14.1. The van der Waals surface area contributed by atoms with Crippen LogP contribution in [0, 0.1) is 19.8 Å². The maximum absolute atomic E-state index is 4.00. The molecule has 0 radical (unpaired) electrons. The SMILES string of the molecule is C#C.Cc1ccc2c(c1)CCC2. The van der Waals surface area contributed by atoms with E-state index in [4.69, 9.17) is 0 Å². The lowest BCUT2D eigenvalue weighted by Gasteiger charge is -1.98. The zero-order valence-corrected chi connectivity index (χ0v) is 7.51. The molecule has 0 saturated carbocycles. The fourth-order valence-electron chi connectivity index (χ4n) is 1.70. The monoisotopic (exact) mass is 158 g/mol. The Balaban J connectivity index is 0.000000336. The van der Waals surface area contributed by atoms with E-state index < -0.39 is 0 Å². The van der Waals surface area contributed by atoms with Crippen LogP contribution in [0.3, 0.4) is 0 Å². The standard InChI is InChI=1S/C10H12.C2H2/c1-8-5-6-9-3-2-4-10(9)7-8;1-2/h5-7H,2-4H2,1H3;1-2H. The van der Waals surface area contributed by atoms with E-state index >= 15 is 0 Å². The second-order valence-electron chi connectivity index (χ2n) is 3.13. The van der Waals surface area contributed by atoms with Crippen LogP contribution in [0.1, 0.15) is 23.1 Å². The lowest BCUT2D eigenvalue weighted by molar-refractivity contribution is 0.911. The molecule has 12 heavy (non-hydrogen) atoms. The minimum atomic E-state index is 1.30. The quantitative estimate of drug-likeness (QED) is 0.509. The highest BCUT2D eigenvalue weighted by molar-refractivity contribution is 5.34. The van der Waals surface area contributed by atoms with Crippen molar-refractivity contribution in [3.05, 3.63) is 34.9 Å². The van der Waals surface area contributed by atoms with E-state index in [9.17, 15) is 0 Å². The first-order chi connectivity index (χ1) is 5.86. The van der Waals surface area contributed by atoms with Gasteiger partial charge in [0.1, 0.15) is 0 Å². The van der Waals surface area contributed by atoms with Gasteiger partial charge >= 0.3 is 0 Å². The zero-order chi connectivity index (χ0) is 8.97. The van der Waals surface area contributed by atoms with Crippen LogP contribution in [0.25, 0.3) is 0 Å². The van der Waals surface area contributed by atoms with Gasteiger partial charge in [-0.2, -0.15) is 0 Å². The van der Waals surface area contributed by atoms with Crippen LogP contribution in [0.5, 0.6) is 0 Å². The van der Waals surface area contributed by atoms with Crippen LogP contribution in [0.15, 0.2) is 18.2 Å². The predicted molar refractivity (Wildman–Crippen MR) is 53.1 cm³/mol. The van der Waals surface area contributed by atoms with E-state index in [1.54, 1.807) is 11.1 Å². The molecule has 0 nitrogen and oxygen atoms in total. The van der Waals surface area contributed by atoms with E-state index in [1.807, 2.05) is 0 Å². The van der Waals surface area contributed by atoms with E-state index in [2.05, 4.69) is 38.0 Å². The maximum atomic E-state index is 4.00. The van der Waals surface area contributed by atoms with Gasteiger partial charge < -0.3 is 0 Å². The van der Waals surface area contributed by atoms with Crippen molar-refractivity contribution in [3.8, 4) is 12.8 Å². The summed E-state index contributed by atoms with van der Waals surface area (Å²) < 4.78 is 0. The van der Waals surface area contributed by atoms with Crippen molar-refractivity contribution < 1.29 is 0 Å². The van der Waals surface area contributed by atoms with Gasteiger partial charge in [-0.1, -0.05) is 23.8 Å². The summed E-state index contributed by atoms with van der Waals surface area (Å²) in [7, 11) is 0. The minimum Gasteiger partial charge on any atom is -0.124 e. The fourth-order valence-corrected chi connectivity index (χ4v) is 1.70. The van der Waals surface area contributed by atoms with Gasteiger partial charge in [0.05, 0.1) is 0 Å². The van der Waals surface area contributed by atoms with Crippen LogP contribution in [-0.4, -0.2) is 0 Å². The van der Waals surface area contributed by atoms with Gasteiger partial charge in [-0.05, 0) is 37.3 Å². The number of fused-ring (bicyclic) bond motifs is 1. The summed E-state index contributed by atoms with van der Waals surface area (Å²) in [5, 5.41) is 0. The Morgan fingerprint density at radius 3 is 2.50 bits per heavy atom. The van der Waals surface area contributed by atoms with Crippen LogP contribution < -0.4 is 0 Å². The Morgan fingerprint density at radius 2 is 1.75 bits per heavy atom. The molecule has 0 bridgehead atoms. The first-order valence-corrected chi connectivity index (χ1v) is 4.28. The van der Waals surface area contributed by atoms with Gasteiger partial charge in [0.2, 0.25) is 0 Å². The van der Waals surface area contributed by atoms with Gasteiger partial charge in [0.25, 0.3) is 0 Å². The van der Waals surface area contributed by atoms with Crippen molar-refractivity contribution >= 4 is 0 Å². The molecular weight excluding hydrogens is 144 g/mol. The Morgan fingerprint density at radius 1 is 1.08 bits per heavy atom. The third-order valence-electron chi connectivity index (χ3n) is 2.25. The van der Waals surface area contributed by atoms with E-state index in [0.717, 1.165) is 0 Å². The molecule has 0 spiro atoms. The van der Waals surface area contributed by atoms with E-state index in [1.165, 1.54) is 24.8 Å². The molecule has 0 unspecified atom stereocenters. The highest BCUT2D eigenvalue weighted by Crippen LogP contribution is 2.22. The van der Waals surface area contributed by atoms with Crippen LogP contribution in [0.2, 0.25) is 0 Å². The van der Waals surface area contributed by atoms with Gasteiger partial charge in [0, 0.05) is 0 Å². The van der Waals surface area contributed by atoms with Crippen molar-refractivity contribution in [1.29, 1.82) is 0 Å². The van der Waals surface area contributed by atoms with Gasteiger partial charge in [-0.15, -0.1) is 12.8 Å². The number of hydrogen-bond acceptors (Lipinski definition) is 0. The van der Waals surface area contributed by atoms with Crippen molar-refractivity contribution in [2.24, 2.45) is 0 Å². The topological polar surface area (TPSA) is 0 Å². The van der Waals surface area contributed by atoms with Gasteiger partial charge in [-0.3, -0.25) is 0 Å². The number of rotatable bonds is 0. The number of hydrogen-bond donors (Lipinski definition) is 0. The van der Waals surface area contributed by atoms with Crippen molar-refractivity contribution in [2.75, 3.05) is 0 Å². The maximum Gasteiger partial charge on any atom is -0.0273 e. The van der Waals surface area contributed by atoms with Crippen molar-refractivity contribution in [1.82, 2.24) is 0 Å². The predicted octanol–water partition coefficient (Wildman–Crippen LogP) is 2.73. The summed E-state index contributed by atoms with van der Waals surface area (Å²) in [6.45, 7) is 2.17. The summed E-state index contributed by atoms with van der Waals surface area (Å²) in [5.41, 5.74) is 4.56. The normalized spacial score (nSPS) is 12.9. The molecular formula is C12H14. The molecule has 0 heteroatoms. The average molecular weight is 158 g/mol. The first-order valence-electron chi connectivity index (χ1n) is 4.28. The Bertz CT molecular complexity index is 281. The third kappa shape index (κ3) is 1.68. The highest BCUT2D eigenvalue weighted by Gasteiger charge is 2.08. The van der Waals surface area contributed by atoms with Crippen molar-refractivity contribution in [3.63, 3.8) is 0 Å². The summed E-state index contributed by atoms with van der Waals surface area (Å²) in [6, 6.07) is 6.81. The molecule has 0 atom stereocenters. The summed E-state index contributed by atoms with van der Waals surface area (Å²) >= 11 is 0. The lowest BCUT2D eigenvalue weighted by atomic mass is 10.1. The zero-order valence-electron chi connectivity index (χ0n) is 7.51. The largest absolute Gasteiger partial charge is 0.124 e. The van der Waals surface area contributed by atoms with Gasteiger partial charge in [-0.25, -0.2) is 0 Å². The number of benzene rings is 1. The molecule has 0 aliphatic heterocycles. The molecule has 0 amide bonds.